The fraction of sp³-hybridized carbons (Fsp3) is 0.222. The standard InChI is InChI=1S/C27H27NO6/c1-18-9-14-24(32-3)23(17-18)28-27(31)26(21-7-5-4-6-8-21)34-25(30)15-16-33-22-12-10-20(11-13-22)19(2)29/h4-14,17,26H,15-16H2,1-3H3,(H,28,31). The van der Waals surface area contributed by atoms with Crippen LogP contribution >= 0.6 is 0 Å². The molecule has 1 unspecified atom stereocenters. The molecule has 0 bridgehead atoms. The van der Waals surface area contributed by atoms with Gasteiger partial charge >= 0.3 is 5.97 Å². The van der Waals surface area contributed by atoms with E-state index < -0.39 is 18.0 Å². The molecule has 0 radical (unpaired) electrons. The van der Waals surface area contributed by atoms with Crippen molar-refractivity contribution in [3.63, 3.8) is 0 Å². The molecule has 0 aromatic heterocycles. The molecule has 3 aromatic carbocycles. The van der Waals surface area contributed by atoms with E-state index in [9.17, 15) is 14.4 Å². The molecular weight excluding hydrogens is 434 g/mol. The molecule has 7 nitrogen and oxygen atoms in total. The van der Waals surface area contributed by atoms with Crippen LogP contribution in [0.25, 0.3) is 0 Å². The van der Waals surface area contributed by atoms with Crippen molar-refractivity contribution >= 4 is 23.3 Å². The number of benzene rings is 3. The van der Waals surface area contributed by atoms with Crippen LogP contribution in [0.2, 0.25) is 0 Å². The Labute approximate surface area is 198 Å². The Morgan fingerprint density at radius 1 is 0.941 bits per heavy atom. The molecule has 0 saturated carbocycles. The van der Waals surface area contributed by atoms with Crippen LogP contribution in [-0.2, 0) is 14.3 Å². The van der Waals surface area contributed by atoms with Gasteiger partial charge in [0.25, 0.3) is 5.91 Å². The van der Waals surface area contributed by atoms with Crippen LogP contribution < -0.4 is 14.8 Å². The van der Waals surface area contributed by atoms with Crippen LogP contribution in [0.15, 0.2) is 72.8 Å². The summed E-state index contributed by atoms with van der Waals surface area (Å²) in [5.74, 6) is -0.0867. The second-order valence-electron chi connectivity index (χ2n) is 7.65. The summed E-state index contributed by atoms with van der Waals surface area (Å²) in [5.41, 5.74) is 2.55. The third-order valence-corrected chi connectivity index (χ3v) is 5.04. The van der Waals surface area contributed by atoms with Crippen molar-refractivity contribution in [2.75, 3.05) is 19.0 Å². The van der Waals surface area contributed by atoms with Gasteiger partial charge in [-0.2, -0.15) is 0 Å². The summed E-state index contributed by atoms with van der Waals surface area (Å²) in [5, 5.41) is 2.80. The van der Waals surface area contributed by atoms with Gasteiger partial charge in [-0.3, -0.25) is 14.4 Å². The zero-order chi connectivity index (χ0) is 24.5. The van der Waals surface area contributed by atoms with Gasteiger partial charge in [0, 0.05) is 11.1 Å². The van der Waals surface area contributed by atoms with Gasteiger partial charge in [-0.15, -0.1) is 0 Å². The average molecular weight is 462 g/mol. The maximum Gasteiger partial charge on any atom is 0.310 e. The molecule has 0 spiro atoms. The molecule has 0 aliphatic rings. The van der Waals surface area contributed by atoms with E-state index in [4.69, 9.17) is 14.2 Å². The van der Waals surface area contributed by atoms with E-state index >= 15 is 0 Å². The quantitative estimate of drug-likeness (QED) is 0.341. The fourth-order valence-corrected chi connectivity index (χ4v) is 3.25. The molecule has 0 aliphatic carbocycles. The second kappa shape index (κ2) is 11.7. The summed E-state index contributed by atoms with van der Waals surface area (Å²) in [6.07, 6.45) is -1.20. The van der Waals surface area contributed by atoms with Crippen molar-refractivity contribution < 1.29 is 28.6 Å². The second-order valence-corrected chi connectivity index (χ2v) is 7.65. The molecule has 3 rings (SSSR count). The SMILES string of the molecule is COc1ccc(C)cc1NC(=O)C(OC(=O)CCOc1ccc(C(C)=O)cc1)c1ccccc1. The van der Waals surface area contributed by atoms with E-state index in [0.717, 1.165) is 5.56 Å². The van der Waals surface area contributed by atoms with E-state index in [1.165, 1.54) is 14.0 Å². The number of Topliss-reactive ketones (excluding diaryl/α,β-unsaturated/α-hetero) is 1. The zero-order valence-electron chi connectivity index (χ0n) is 19.4. The number of nitrogens with one attached hydrogen (secondary N) is 1. The van der Waals surface area contributed by atoms with E-state index in [2.05, 4.69) is 5.32 Å². The van der Waals surface area contributed by atoms with Crippen LogP contribution in [0.3, 0.4) is 0 Å². The number of aryl methyl sites for hydroxylation is 1. The number of hydrogen-bond acceptors (Lipinski definition) is 6. The molecule has 0 aliphatic heterocycles. The van der Waals surface area contributed by atoms with Crippen molar-refractivity contribution in [1.29, 1.82) is 0 Å². The molecule has 1 atom stereocenters. The van der Waals surface area contributed by atoms with E-state index in [1.807, 2.05) is 19.1 Å². The topological polar surface area (TPSA) is 90.9 Å². The minimum absolute atomic E-state index is 0.0383. The van der Waals surface area contributed by atoms with Gasteiger partial charge in [0.2, 0.25) is 6.10 Å². The molecule has 1 N–H and O–H groups in total. The van der Waals surface area contributed by atoms with Crippen LogP contribution in [-0.4, -0.2) is 31.4 Å². The van der Waals surface area contributed by atoms with Crippen LogP contribution in [0, 0.1) is 6.92 Å². The Kier molecular flexibility index (Phi) is 8.40. The third kappa shape index (κ3) is 6.68. The van der Waals surface area contributed by atoms with Gasteiger partial charge in [0.05, 0.1) is 25.8 Å². The minimum atomic E-state index is -1.14. The number of hydrogen-bond donors (Lipinski definition) is 1. The van der Waals surface area contributed by atoms with Crippen molar-refractivity contribution in [2.24, 2.45) is 0 Å². The Balaban J connectivity index is 1.65. The molecule has 176 valence electrons. The van der Waals surface area contributed by atoms with Crippen molar-refractivity contribution in [3.05, 3.63) is 89.5 Å². The Hall–Kier alpha value is -4.13. The first kappa shape index (κ1) is 24.5. The summed E-state index contributed by atoms with van der Waals surface area (Å²) in [4.78, 5) is 37.0. The first-order valence-corrected chi connectivity index (χ1v) is 10.8. The molecule has 0 fully saturated rings. The van der Waals surface area contributed by atoms with Crippen LogP contribution in [0.4, 0.5) is 5.69 Å². The molecule has 34 heavy (non-hydrogen) atoms. The highest BCUT2D eigenvalue weighted by Gasteiger charge is 2.26. The Bertz CT molecular complexity index is 1140. The average Bonchev–Trinajstić information content (AvgIpc) is 2.83. The highest BCUT2D eigenvalue weighted by Crippen LogP contribution is 2.28. The monoisotopic (exact) mass is 461 g/mol. The molecule has 1 amide bonds. The maximum absolute atomic E-state index is 13.1. The van der Waals surface area contributed by atoms with Crippen molar-refractivity contribution in [1.82, 2.24) is 0 Å². The van der Waals surface area contributed by atoms with Gasteiger partial charge in [0.15, 0.2) is 5.78 Å². The number of esters is 1. The smallest absolute Gasteiger partial charge is 0.310 e. The fourth-order valence-electron chi connectivity index (χ4n) is 3.25. The molecule has 3 aromatic rings. The van der Waals surface area contributed by atoms with Gasteiger partial charge in [-0.25, -0.2) is 0 Å². The number of carbonyl (C=O) groups is 3. The lowest BCUT2D eigenvalue weighted by Gasteiger charge is -2.19. The van der Waals surface area contributed by atoms with Gasteiger partial charge in [0.1, 0.15) is 11.5 Å². The highest BCUT2D eigenvalue weighted by atomic mass is 16.6. The number of rotatable bonds is 10. The lowest BCUT2D eigenvalue weighted by molar-refractivity contribution is -0.155. The van der Waals surface area contributed by atoms with Crippen molar-refractivity contribution in [2.45, 2.75) is 26.4 Å². The third-order valence-electron chi connectivity index (χ3n) is 5.04. The number of carbonyl (C=O) groups excluding carboxylic acids is 3. The van der Waals surface area contributed by atoms with Gasteiger partial charge < -0.3 is 19.5 Å². The largest absolute Gasteiger partial charge is 0.495 e. The Morgan fingerprint density at radius 3 is 2.29 bits per heavy atom. The predicted octanol–water partition coefficient (Wildman–Crippen LogP) is 4.90. The first-order chi connectivity index (χ1) is 16.4. The Morgan fingerprint density at radius 2 is 1.65 bits per heavy atom. The summed E-state index contributed by atoms with van der Waals surface area (Å²) in [6.45, 7) is 3.45. The first-order valence-electron chi connectivity index (χ1n) is 10.8. The van der Waals surface area contributed by atoms with E-state index in [0.29, 0.717) is 28.3 Å². The van der Waals surface area contributed by atoms with Gasteiger partial charge in [-0.1, -0.05) is 36.4 Å². The summed E-state index contributed by atoms with van der Waals surface area (Å²) in [6, 6.07) is 20.9. The van der Waals surface area contributed by atoms with Gasteiger partial charge in [-0.05, 0) is 55.8 Å². The van der Waals surface area contributed by atoms with E-state index in [-0.39, 0.29) is 18.8 Å². The lowest BCUT2D eigenvalue weighted by Crippen LogP contribution is -2.26. The highest BCUT2D eigenvalue weighted by molar-refractivity contribution is 5.97. The minimum Gasteiger partial charge on any atom is -0.495 e. The summed E-state index contributed by atoms with van der Waals surface area (Å²) >= 11 is 0. The zero-order valence-corrected chi connectivity index (χ0v) is 19.4. The van der Waals surface area contributed by atoms with E-state index in [1.54, 1.807) is 60.7 Å². The normalized spacial score (nSPS) is 11.3. The molecule has 0 saturated heterocycles. The number of ether oxygens (including phenoxy) is 3. The lowest BCUT2D eigenvalue weighted by atomic mass is 10.1. The number of anilines is 1. The van der Waals surface area contributed by atoms with Crippen LogP contribution in [0.5, 0.6) is 11.5 Å². The number of ketones is 1. The number of amides is 1. The summed E-state index contributed by atoms with van der Waals surface area (Å²) < 4.78 is 16.4. The predicted molar refractivity (Wildman–Crippen MR) is 128 cm³/mol. The summed E-state index contributed by atoms with van der Waals surface area (Å²) in [7, 11) is 1.52. The molecule has 7 heteroatoms. The van der Waals surface area contributed by atoms with Crippen molar-refractivity contribution in [3.8, 4) is 11.5 Å². The number of methoxy groups -OCH3 is 1. The molecular formula is C27H27NO6. The van der Waals surface area contributed by atoms with Crippen LogP contribution in [0.1, 0.15) is 40.9 Å². The molecule has 0 heterocycles. The maximum atomic E-state index is 13.1.